The molecule has 3 N–H and O–H groups in total. The Kier molecular flexibility index (Phi) is 5.38. The van der Waals surface area contributed by atoms with Gasteiger partial charge >= 0.3 is 0 Å². The number of nitrogens with zero attached hydrogens (tertiary/aromatic N) is 2. The summed E-state index contributed by atoms with van der Waals surface area (Å²) < 4.78 is 0. The standard InChI is InChI=1S/C16H23N5O5/c22-12-7-18-15(25)10-3-1-6-21(10)14(24)9-19-16(26)11-4-2-5-20(11)13(23)8-17-12/h10-11H,1-9H2,(H,17,22)(H,18,25)(H,19,26)/t10-,11-/m0/s1. The maximum absolute atomic E-state index is 12.4. The number of hydrogen-bond acceptors (Lipinski definition) is 5. The predicted molar refractivity (Wildman–Crippen MR) is 88.5 cm³/mol. The molecule has 0 aromatic carbocycles. The third-order valence-corrected chi connectivity index (χ3v) is 5.03. The van der Waals surface area contributed by atoms with Crippen molar-refractivity contribution in [1.29, 1.82) is 0 Å². The molecule has 0 spiro atoms. The summed E-state index contributed by atoms with van der Waals surface area (Å²) >= 11 is 0. The lowest BCUT2D eigenvalue weighted by atomic mass is 10.2. The topological polar surface area (TPSA) is 128 Å². The Balaban J connectivity index is 1.76. The zero-order valence-corrected chi connectivity index (χ0v) is 14.5. The second kappa shape index (κ2) is 7.71. The summed E-state index contributed by atoms with van der Waals surface area (Å²) in [5.74, 6) is -1.97. The van der Waals surface area contributed by atoms with Crippen molar-refractivity contribution in [2.75, 3.05) is 32.7 Å². The number of fused-ring (bicyclic) bond motifs is 2. The van der Waals surface area contributed by atoms with Gasteiger partial charge in [-0.25, -0.2) is 0 Å². The van der Waals surface area contributed by atoms with Gasteiger partial charge < -0.3 is 25.8 Å². The Morgan fingerprint density at radius 3 is 1.65 bits per heavy atom. The first-order valence-electron chi connectivity index (χ1n) is 8.88. The first-order chi connectivity index (χ1) is 12.5. The van der Waals surface area contributed by atoms with Gasteiger partial charge in [0, 0.05) is 13.1 Å². The van der Waals surface area contributed by atoms with E-state index in [0.717, 1.165) is 0 Å². The van der Waals surface area contributed by atoms with Gasteiger partial charge in [0.05, 0.1) is 19.6 Å². The molecule has 10 heteroatoms. The summed E-state index contributed by atoms with van der Waals surface area (Å²) in [6, 6.07) is -1.27. The maximum atomic E-state index is 12.4. The zero-order chi connectivity index (χ0) is 18.7. The highest BCUT2D eigenvalue weighted by atomic mass is 16.2. The zero-order valence-electron chi connectivity index (χ0n) is 14.5. The molecule has 0 aromatic heterocycles. The van der Waals surface area contributed by atoms with Crippen molar-refractivity contribution in [3.05, 3.63) is 0 Å². The molecule has 3 aliphatic heterocycles. The molecule has 3 saturated heterocycles. The number of hydrogen-bond donors (Lipinski definition) is 3. The molecule has 26 heavy (non-hydrogen) atoms. The SMILES string of the molecule is O=C1CNC(=O)[C@@H]2CCCN2C(=O)CNC(=O)[C@@H]2CCCN2C(=O)CN1. The molecule has 0 aliphatic carbocycles. The average Bonchev–Trinajstić information content (AvgIpc) is 3.30. The highest BCUT2D eigenvalue weighted by molar-refractivity contribution is 5.95. The van der Waals surface area contributed by atoms with E-state index in [0.29, 0.717) is 38.8 Å². The highest BCUT2D eigenvalue weighted by Gasteiger charge is 2.37. The van der Waals surface area contributed by atoms with Crippen LogP contribution >= 0.6 is 0 Å². The average molecular weight is 365 g/mol. The van der Waals surface area contributed by atoms with E-state index < -0.39 is 23.9 Å². The minimum absolute atomic E-state index is 0.210. The van der Waals surface area contributed by atoms with Crippen molar-refractivity contribution in [2.24, 2.45) is 0 Å². The van der Waals surface area contributed by atoms with E-state index in [-0.39, 0.29) is 37.4 Å². The fourth-order valence-corrected chi connectivity index (χ4v) is 3.68. The highest BCUT2D eigenvalue weighted by Crippen LogP contribution is 2.19. The van der Waals surface area contributed by atoms with E-state index in [2.05, 4.69) is 16.0 Å². The summed E-state index contributed by atoms with van der Waals surface area (Å²) in [6.07, 6.45) is 2.42. The van der Waals surface area contributed by atoms with Gasteiger partial charge in [-0.15, -0.1) is 0 Å². The second-order valence-electron chi connectivity index (χ2n) is 6.70. The Morgan fingerprint density at radius 2 is 1.12 bits per heavy atom. The monoisotopic (exact) mass is 365 g/mol. The van der Waals surface area contributed by atoms with Crippen LogP contribution in [-0.4, -0.2) is 84.1 Å². The minimum Gasteiger partial charge on any atom is -0.345 e. The van der Waals surface area contributed by atoms with Crippen LogP contribution in [0.25, 0.3) is 0 Å². The molecule has 5 amide bonds. The summed E-state index contributed by atoms with van der Waals surface area (Å²) in [7, 11) is 0. The van der Waals surface area contributed by atoms with Crippen LogP contribution in [0.3, 0.4) is 0 Å². The smallest absolute Gasteiger partial charge is 0.243 e. The molecule has 142 valence electrons. The molecule has 3 heterocycles. The number of rotatable bonds is 0. The third kappa shape index (κ3) is 3.78. The Morgan fingerprint density at radius 1 is 0.654 bits per heavy atom. The van der Waals surface area contributed by atoms with E-state index in [1.807, 2.05) is 0 Å². The fourth-order valence-electron chi connectivity index (χ4n) is 3.68. The first kappa shape index (κ1) is 18.2. The van der Waals surface area contributed by atoms with E-state index in [4.69, 9.17) is 0 Å². The first-order valence-corrected chi connectivity index (χ1v) is 8.88. The summed E-state index contributed by atoms with van der Waals surface area (Å²) in [5, 5.41) is 7.55. The van der Waals surface area contributed by atoms with Crippen LogP contribution in [0.1, 0.15) is 25.7 Å². The lowest BCUT2D eigenvalue weighted by molar-refractivity contribution is -0.140. The molecule has 0 radical (unpaired) electrons. The van der Waals surface area contributed by atoms with E-state index in [1.165, 1.54) is 9.80 Å². The Hall–Kier alpha value is -2.65. The van der Waals surface area contributed by atoms with Crippen molar-refractivity contribution in [3.63, 3.8) is 0 Å². The molecule has 10 nitrogen and oxygen atoms in total. The number of amides is 5. The van der Waals surface area contributed by atoms with Crippen molar-refractivity contribution in [2.45, 2.75) is 37.8 Å². The molecule has 2 atom stereocenters. The second-order valence-corrected chi connectivity index (χ2v) is 6.70. The number of nitrogens with one attached hydrogen (secondary N) is 3. The summed E-state index contributed by atoms with van der Waals surface area (Å²) in [4.78, 5) is 64.1. The van der Waals surface area contributed by atoms with Gasteiger partial charge in [0.15, 0.2) is 0 Å². The minimum atomic E-state index is -0.637. The van der Waals surface area contributed by atoms with Crippen molar-refractivity contribution >= 4 is 29.5 Å². The van der Waals surface area contributed by atoms with Gasteiger partial charge in [-0.3, -0.25) is 24.0 Å². The Bertz CT molecular complexity index is 585. The molecule has 0 bridgehead atoms. The van der Waals surface area contributed by atoms with Crippen LogP contribution in [0.2, 0.25) is 0 Å². The van der Waals surface area contributed by atoms with Gasteiger partial charge in [-0.1, -0.05) is 0 Å². The van der Waals surface area contributed by atoms with Crippen LogP contribution in [0.5, 0.6) is 0 Å². The third-order valence-electron chi connectivity index (χ3n) is 5.03. The number of carbonyl (C=O) groups is 5. The van der Waals surface area contributed by atoms with Crippen LogP contribution in [0.4, 0.5) is 0 Å². The molecule has 3 rings (SSSR count). The van der Waals surface area contributed by atoms with Crippen LogP contribution in [-0.2, 0) is 24.0 Å². The summed E-state index contributed by atoms with van der Waals surface area (Å²) in [6.45, 7) is 0.176. The fraction of sp³-hybridized carbons (Fsp3) is 0.688. The quantitative estimate of drug-likeness (QED) is 0.431. The molecular weight excluding hydrogens is 342 g/mol. The van der Waals surface area contributed by atoms with E-state index in [9.17, 15) is 24.0 Å². The van der Waals surface area contributed by atoms with Crippen LogP contribution < -0.4 is 16.0 Å². The lowest BCUT2D eigenvalue weighted by Crippen LogP contribution is -2.51. The molecule has 3 fully saturated rings. The van der Waals surface area contributed by atoms with Crippen molar-refractivity contribution < 1.29 is 24.0 Å². The summed E-state index contributed by atoms with van der Waals surface area (Å²) in [5.41, 5.74) is 0. The Labute approximate surface area is 150 Å². The van der Waals surface area contributed by atoms with Crippen molar-refractivity contribution in [3.8, 4) is 0 Å². The van der Waals surface area contributed by atoms with Gasteiger partial charge in [0.25, 0.3) is 0 Å². The molecule has 0 unspecified atom stereocenters. The van der Waals surface area contributed by atoms with Crippen molar-refractivity contribution in [1.82, 2.24) is 25.8 Å². The van der Waals surface area contributed by atoms with Gasteiger partial charge in [0.1, 0.15) is 12.1 Å². The van der Waals surface area contributed by atoms with Gasteiger partial charge in [0.2, 0.25) is 29.5 Å². The number of carbonyl (C=O) groups excluding carboxylic acids is 5. The molecule has 3 aliphatic rings. The molecule has 0 aromatic rings. The van der Waals surface area contributed by atoms with Gasteiger partial charge in [-0.2, -0.15) is 0 Å². The van der Waals surface area contributed by atoms with E-state index in [1.54, 1.807) is 0 Å². The van der Waals surface area contributed by atoms with Crippen LogP contribution in [0.15, 0.2) is 0 Å². The normalized spacial score (nSPS) is 28.5. The maximum Gasteiger partial charge on any atom is 0.243 e. The molecular formula is C16H23N5O5. The molecule has 0 saturated carbocycles. The van der Waals surface area contributed by atoms with E-state index >= 15 is 0 Å². The largest absolute Gasteiger partial charge is 0.345 e. The van der Waals surface area contributed by atoms with Gasteiger partial charge in [-0.05, 0) is 25.7 Å². The predicted octanol–water partition coefficient (Wildman–Crippen LogP) is -2.67. The lowest BCUT2D eigenvalue weighted by Gasteiger charge is -2.25. The van der Waals surface area contributed by atoms with Crippen LogP contribution in [0, 0.1) is 0 Å².